The highest BCUT2D eigenvalue weighted by Gasteiger charge is 2.18. The maximum Gasteiger partial charge on any atom is 0.292 e. The molecule has 0 unspecified atom stereocenters. The fourth-order valence-electron chi connectivity index (χ4n) is 2.43. The third kappa shape index (κ3) is 4.51. The smallest absolute Gasteiger partial charge is 0.292 e. The van der Waals surface area contributed by atoms with Crippen molar-refractivity contribution in [3.63, 3.8) is 0 Å². The first kappa shape index (κ1) is 18.3. The SMILES string of the molecule is Cc1nc(C)c(CCNC(=O)C(=O)c2ccc(C(C)(C)C)cc2)s1. The molecule has 4 nitrogen and oxygen atoms in total. The second-order valence-electron chi connectivity index (χ2n) is 6.90. The summed E-state index contributed by atoms with van der Waals surface area (Å²) in [4.78, 5) is 29.7. The third-order valence-electron chi connectivity index (χ3n) is 3.86. The highest BCUT2D eigenvalue weighted by Crippen LogP contribution is 2.22. The zero-order valence-corrected chi connectivity index (χ0v) is 15.7. The van der Waals surface area contributed by atoms with E-state index < -0.39 is 11.7 Å². The molecule has 24 heavy (non-hydrogen) atoms. The largest absolute Gasteiger partial charge is 0.349 e. The van der Waals surface area contributed by atoms with Gasteiger partial charge < -0.3 is 5.32 Å². The van der Waals surface area contributed by atoms with Crippen LogP contribution in [0.15, 0.2) is 24.3 Å². The lowest BCUT2D eigenvalue weighted by Gasteiger charge is -2.18. The molecule has 1 aromatic heterocycles. The molecule has 5 heteroatoms. The van der Waals surface area contributed by atoms with Crippen LogP contribution < -0.4 is 5.32 Å². The summed E-state index contributed by atoms with van der Waals surface area (Å²) in [6, 6.07) is 7.26. The Hall–Kier alpha value is -2.01. The molecule has 1 aromatic carbocycles. The Kier molecular flexibility index (Phi) is 5.54. The Labute approximate surface area is 147 Å². The second kappa shape index (κ2) is 7.26. The molecule has 0 aliphatic heterocycles. The zero-order chi connectivity index (χ0) is 17.9. The Morgan fingerprint density at radius 3 is 2.25 bits per heavy atom. The lowest BCUT2D eigenvalue weighted by Crippen LogP contribution is -2.32. The Balaban J connectivity index is 1.92. The highest BCUT2D eigenvalue weighted by atomic mass is 32.1. The first-order valence-electron chi connectivity index (χ1n) is 8.04. The Bertz CT molecular complexity index is 740. The molecule has 0 spiro atoms. The standard InChI is InChI=1S/C19H24N2O2S/c1-12-16(24-13(2)21-12)10-11-20-18(23)17(22)14-6-8-15(9-7-14)19(3,4)5/h6-9H,10-11H2,1-5H3,(H,20,23). The number of hydrogen-bond acceptors (Lipinski definition) is 4. The van der Waals surface area contributed by atoms with E-state index in [1.54, 1.807) is 23.5 Å². The molecule has 0 aliphatic carbocycles. The van der Waals surface area contributed by atoms with Crippen molar-refractivity contribution in [2.75, 3.05) is 6.54 Å². The van der Waals surface area contributed by atoms with Gasteiger partial charge in [0.15, 0.2) is 0 Å². The Morgan fingerprint density at radius 2 is 1.75 bits per heavy atom. The molecule has 2 rings (SSSR count). The summed E-state index contributed by atoms with van der Waals surface area (Å²) in [5.74, 6) is -1.05. The van der Waals surface area contributed by atoms with Crippen molar-refractivity contribution >= 4 is 23.0 Å². The number of carbonyl (C=O) groups is 2. The molecule has 0 saturated carbocycles. The van der Waals surface area contributed by atoms with E-state index in [1.165, 1.54) is 0 Å². The predicted molar refractivity (Wildman–Crippen MR) is 97.8 cm³/mol. The molecule has 0 atom stereocenters. The first-order chi connectivity index (χ1) is 11.2. The van der Waals surface area contributed by atoms with Gasteiger partial charge in [-0.25, -0.2) is 4.98 Å². The van der Waals surface area contributed by atoms with Crippen molar-refractivity contribution in [1.82, 2.24) is 10.3 Å². The van der Waals surface area contributed by atoms with Crippen LogP contribution in [-0.4, -0.2) is 23.2 Å². The van der Waals surface area contributed by atoms with Gasteiger partial charge >= 0.3 is 0 Å². The highest BCUT2D eigenvalue weighted by molar-refractivity contribution is 7.11. The van der Waals surface area contributed by atoms with Gasteiger partial charge in [-0.3, -0.25) is 9.59 Å². The number of rotatable bonds is 5. The molecule has 2 aromatic rings. The Morgan fingerprint density at radius 1 is 1.12 bits per heavy atom. The van der Waals surface area contributed by atoms with E-state index >= 15 is 0 Å². The average Bonchev–Trinajstić information content (AvgIpc) is 2.83. The van der Waals surface area contributed by atoms with Gasteiger partial charge in [-0.15, -0.1) is 11.3 Å². The van der Waals surface area contributed by atoms with Crippen molar-refractivity contribution in [2.24, 2.45) is 0 Å². The molecule has 0 bridgehead atoms. The predicted octanol–water partition coefficient (Wildman–Crippen LogP) is 3.60. The van der Waals surface area contributed by atoms with Gasteiger partial charge in [-0.1, -0.05) is 45.0 Å². The van der Waals surface area contributed by atoms with Gasteiger partial charge in [0.1, 0.15) is 0 Å². The van der Waals surface area contributed by atoms with Gasteiger partial charge in [0, 0.05) is 23.4 Å². The van der Waals surface area contributed by atoms with E-state index in [9.17, 15) is 9.59 Å². The molecule has 1 amide bonds. The van der Waals surface area contributed by atoms with Crippen LogP contribution >= 0.6 is 11.3 Å². The molecule has 0 radical (unpaired) electrons. The van der Waals surface area contributed by atoms with Crippen molar-refractivity contribution in [3.8, 4) is 0 Å². The van der Waals surface area contributed by atoms with E-state index in [4.69, 9.17) is 0 Å². The summed E-state index contributed by atoms with van der Waals surface area (Å²) in [6.45, 7) is 10.7. The van der Waals surface area contributed by atoms with E-state index in [0.29, 0.717) is 18.5 Å². The minimum Gasteiger partial charge on any atom is -0.349 e. The summed E-state index contributed by atoms with van der Waals surface area (Å²) in [5, 5.41) is 3.72. The van der Waals surface area contributed by atoms with Crippen LogP contribution in [0.4, 0.5) is 0 Å². The number of amides is 1. The number of benzene rings is 1. The summed E-state index contributed by atoms with van der Waals surface area (Å²) in [7, 11) is 0. The maximum atomic E-state index is 12.2. The van der Waals surface area contributed by atoms with Crippen molar-refractivity contribution < 1.29 is 9.59 Å². The molecule has 0 aliphatic rings. The fourth-order valence-corrected chi connectivity index (χ4v) is 3.36. The number of nitrogens with one attached hydrogen (secondary N) is 1. The molecule has 0 fully saturated rings. The number of hydrogen-bond donors (Lipinski definition) is 1. The molecule has 1 heterocycles. The summed E-state index contributed by atoms with van der Waals surface area (Å²) in [6.07, 6.45) is 0.694. The summed E-state index contributed by atoms with van der Waals surface area (Å²) >= 11 is 1.63. The van der Waals surface area contributed by atoms with E-state index in [2.05, 4.69) is 31.1 Å². The topological polar surface area (TPSA) is 59.1 Å². The van der Waals surface area contributed by atoms with Crippen LogP contribution in [-0.2, 0) is 16.6 Å². The molecule has 0 saturated heterocycles. The number of aromatic nitrogens is 1. The van der Waals surface area contributed by atoms with E-state index in [0.717, 1.165) is 21.1 Å². The zero-order valence-electron chi connectivity index (χ0n) is 14.9. The third-order valence-corrected chi connectivity index (χ3v) is 4.99. The van der Waals surface area contributed by atoms with Gasteiger partial charge in [-0.2, -0.15) is 0 Å². The number of ketones is 1. The fraction of sp³-hybridized carbons (Fsp3) is 0.421. The number of nitrogens with zero attached hydrogens (tertiary/aromatic N) is 1. The number of aryl methyl sites for hydroxylation is 2. The van der Waals surface area contributed by atoms with Gasteiger partial charge in [0.2, 0.25) is 5.78 Å². The number of Topliss-reactive ketones (excluding diaryl/α,β-unsaturated/α-hetero) is 1. The quantitative estimate of drug-likeness (QED) is 0.666. The minimum absolute atomic E-state index is 0.0224. The molecule has 128 valence electrons. The lowest BCUT2D eigenvalue weighted by molar-refractivity contribution is -0.116. The van der Waals surface area contributed by atoms with Crippen molar-refractivity contribution in [2.45, 2.75) is 46.5 Å². The van der Waals surface area contributed by atoms with Crippen LogP contribution in [0.1, 0.15) is 52.3 Å². The monoisotopic (exact) mass is 344 g/mol. The van der Waals surface area contributed by atoms with Crippen LogP contribution in [0.25, 0.3) is 0 Å². The second-order valence-corrected chi connectivity index (χ2v) is 8.19. The molecule has 1 N–H and O–H groups in total. The first-order valence-corrected chi connectivity index (χ1v) is 8.86. The van der Waals surface area contributed by atoms with Crippen LogP contribution in [0.2, 0.25) is 0 Å². The molecular weight excluding hydrogens is 320 g/mol. The van der Waals surface area contributed by atoms with Crippen LogP contribution in [0, 0.1) is 13.8 Å². The van der Waals surface area contributed by atoms with E-state index in [-0.39, 0.29) is 5.41 Å². The van der Waals surface area contributed by atoms with Crippen LogP contribution in [0.3, 0.4) is 0 Å². The number of thiazole rings is 1. The van der Waals surface area contributed by atoms with Crippen molar-refractivity contribution in [1.29, 1.82) is 0 Å². The molecular formula is C19H24N2O2S. The van der Waals surface area contributed by atoms with Crippen LogP contribution in [0.5, 0.6) is 0 Å². The maximum absolute atomic E-state index is 12.2. The summed E-state index contributed by atoms with van der Waals surface area (Å²) in [5.41, 5.74) is 2.57. The van der Waals surface area contributed by atoms with Gasteiger partial charge in [0.25, 0.3) is 5.91 Å². The number of carbonyl (C=O) groups excluding carboxylic acids is 2. The van der Waals surface area contributed by atoms with Crippen molar-refractivity contribution in [3.05, 3.63) is 51.0 Å². The minimum atomic E-state index is -0.558. The summed E-state index contributed by atoms with van der Waals surface area (Å²) < 4.78 is 0. The van der Waals surface area contributed by atoms with E-state index in [1.807, 2.05) is 26.0 Å². The van der Waals surface area contributed by atoms with Gasteiger partial charge in [0.05, 0.1) is 10.7 Å². The average molecular weight is 344 g/mol. The lowest BCUT2D eigenvalue weighted by atomic mass is 9.86. The normalized spacial score (nSPS) is 11.4. The van der Waals surface area contributed by atoms with Gasteiger partial charge in [-0.05, 0) is 24.8 Å².